The van der Waals surface area contributed by atoms with E-state index in [4.69, 9.17) is 9.47 Å². The van der Waals surface area contributed by atoms with Crippen LogP contribution in [0.25, 0.3) is 0 Å². The first-order valence-corrected chi connectivity index (χ1v) is 11.3. The fraction of sp³-hybridized carbons (Fsp3) is 0.333. The summed E-state index contributed by atoms with van der Waals surface area (Å²) in [6, 6.07) is 12.9. The second-order valence-corrected chi connectivity index (χ2v) is 8.56. The number of aromatic nitrogens is 2. The summed E-state index contributed by atoms with van der Waals surface area (Å²) in [5.41, 5.74) is 1.65. The largest absolute Gasteiger partial charge is 0.508 e. The van der Waals surface area contributed by atoms with Crippen molar-refractivity contribution in [1.82, 2.24) is 14.9 Å². The molecule has 1 saturated heterocycles. The van der Waals surface area contributed by atoms with E-state index in [1.807, 2.05) is 29.2 Å². The lowest BCUT2D eigenvalue weighted by Crippen LogP contribution is -2.46. The number of para-hydroxylation sites is 1. The van der Waals surface area contributed by atoms with Gasteiger partial charge in [-0.2, -0.15) is 0 Å². The van der Waals surface area contributed by atoms with Crippen LogP contribution in [0.15, 0.2) is 48.8 Å². The number of ether oxygens (including phenoxy) is 2. The van der Waals surface area contributed by atoms with Gasteiger partial charge in [0.1, 0.15) is 12.1 Å². The molecule has 1 fully saturated rings. The fourth-order valence-corrected chi connectivity index (χ4v) is 4.42. The number of phenols is 1. The van der Waals surface area contributed by atoms with Crippen molar-refractivity contribution in [2.45, 2.75) is 13.1 Å². The van der Waals surface area contributed by atoms with Gasteiger partial charge in [0.15, 0.2) is 11.5 Å². The van der Waals surface area contributed by atoms with Crippen molar-refractivity contribution >= 4 is 17.3 Å². The van der Waals surface area contributed by atoms with E-state index in [9.17, 15) is 15.2 Å². The zero-order chi connectivity index (χ0) is 24.4. The number of nitro groups is 1. The van der Waals surface area contributed by atoms with Crippen LogP contribution in [0.5, 0.6) is 17.2 Å². The van der Waals surface area contributed by atoms with Crippen LogP contribution in [0.2, 0.25) is 0 Å². The second kappa shape index (κ2) is 9.63. The molecular formula is C24H26N6O5. The van der Waals surface area contributed by atoms with Crippen LogP contribution in [-0.2, 0) is 13.1 Å². The van der Waals surface area contributed by atoms with Gasteiger partial charge in [-0.25, -0.2) is 9.97 Å². The Morgan fingerprint density at radius 2 is 1.86 bits per heavy atom. The highest BCUT2D eigenvalue weighted by molar-refractivity contribution is 5.71. The third kappa shape index (κ3) is 4.76. The summed E-state index contributed by atoms with van der Waals surface area (Å²) in [5.74, 6) is 2.18. The van der Waals surface area contributed by atoms with Crippen molar-refractivity contribution in [3.63, 3.8) is 0 Å². The van der Waals surface area contributed by atoms with Gasteiger partial charge in [0.05, 0.1) is 4.92 Å². The molecule has 2 aromatic carbocycles. The minimum absolute atomic E-state index is 0.130. The minimum Gasteiger partial charge on any atom is -0.508 e. The van der Waals surface area contributed by atoms with Crippen molar-refractivity contribution < 1.29 is 19.5 Å². The molecule has 0 bridgehead atoms. The molecule has 5 rings (SSSR count). The normalized spacial score (nSPS) is 15.3. The molecule has 182 valence electrons. The van der Waals surface area contributed by atoms with Crippen molar-refractivity contribution in [2.24, 2.45) is 0 Å². The van der Waals surface area contributed by atoms with Crippen LogP contribution >= 0.6 is 0 Å². The molecule has 0 radical (unpaired) electrons. The molecule has 2 aliphatic rings. The van der Waals surface area contributed by atoms with Gasteiger partial charge < -0.3 is 24.4 Å². The lowest BCUT2D eigenvalue weighted by molar-refractivity contribution is -0.383. The molecule has 0 amide bonds. The first-order chi connectivity index (χ1) is 17.0. The Morgan fingerprint density at radius 3 is 2.63 bits per heavy atom. The molecule has 11 heteroatoms. The number of rotatable bonds is 7. The molecule has 1 N–H and O–H groups in total. The van der Waals surface area contributed by atoms with Gasteiger partial charge in [-0.1, -0.05) is 24.3 Å². The third-order valence-corrected chi connectivity index (χ3v) is 6.24. The molecule has 0 spiro atoms. The van der Waals surface area contributed by atoms with Crippen LogP contribution in [0, 0.1) is 10.1 Å². The van der Waals surface area contributed by atoms with Crippen molar-refractivity contribution in [3.05, 3.63) is 70.0 Å². The highest BCUT2D eigenvalue weighted by Gasteiger charge is 2.31. The van der Waals surface area contributed by atoms with E-state index in [1.54, 1.807) is 30.1 Å². The lowest BCUT2D eigenvalue weighted by Gasteiger charge is -2.35. The Bertz CT molecular complexity index is 1230. The number of hydrogen-bond acceptors (Lipinski definition) is 10. The van der Waals surface area contributed by atoms with Crippen LogP contribution in [0.4, 0.5) is 17.3 Å². The average molecular weight is 479 g/mol. The molecule has 2 aliphatic heterocycles. The predicted molar refractivity (Wildman–Crippen MR) is 129 cm³/mol. The summed E-state index contributed by atoms with van der Waals surface area (Å²) in [5, 5.41) is 22.2. The summed E-state index contributed by atoms with van der Waals surface area (Å²) < 4.78 is 10.8. The van der Waals surface area contributed by atoms with Crippen LogP contribution in [-0.4, -0.2) is 64.9 Å². The number of anilines is 2. The van der Waals surface area contributed by atoms with Crippen LogP contribution in [0.1, 0.15) is 11.1 Å². The summed E-state index contributed by atoms with van der Waals surface area (Å²) >= 11 is 0. The number of hydrogen-bond donors (Lipinski definition) is 1. The first-order valence-electron chi connectivity index (χ1n) is 11.3. The van der Waals surface area contributed by atoms with Crippen molar-refractivity contribution in [2.75, 3.05) is 49.8 Å². The quantitative estimate of drug-likeness (QED) is 0.401. The molecule has 0 saturated carbocycles. The van der Waals surface area contributed by atoms with E-state index < -0.39 is 4.92 Å². The SMILES string of the molecule is CN(Cc1ccccc1O)c1ncnc(N2CCN(Cc3ccc4c(c3)OCO4)CC2)c1[N+](=O)[O-]. The lowest BCUT2D eigenvalue weighted by atomic mass is 10.1. The molecule has 3 heterocycles. The Labute approximate surface area is 202 Å². The van der Waals surface area contributed by atoms with E-state index in [-0.39, 0.29) is 30.6 Å². The number of nitrogens with zero attached hydrogens (tertiary/aromatic N) is 6. The molecule has 0 aliphatic carbocycles. The van der Waals surface area contributed by atoms with E-state index in [0.29, 0.717) is 24.5 Å². The number of aromatic hydroxyl groups is 1. The molecule has 0 unspecified atom stereocenters. The maximum atomic E-state index is 12.1. The average Bonchev–Trinajstić information content (AvgIpc) is 3.33. The van der Waals surface area contributed by atoms with E-state index in [2.05, 4.69) is 14.9 Å². The fourth-order valence-electron chi connectivity index (χ4n) is 4.42. The van der Waals surface area contributed by atoms with E-state index in [1.165, 1.54) is 6.33 Å². The zero-order valence-electron chi connectivity index (χ0n) is 19.3. The molecular weight excluding hydrogens is 452 g/mol. The summed E-state index contributed by atoms with van der Waals surface area (Å²) in [6.45, 7) is 3.95. The van der Waals surface area contributed by atoms with Gasteiger partial charge in [-0.05, 0) is 23.8 Å². The maximum absolute atomic E-state index is 12.1. The van der Waals surface area contributed by atoms with Gasteiger partial charge in [-0.15, -0.1) is 0 Å². The summed E-state index contributed by atoms with van der Waals surface area (Å²) in [7, 11) is 1.72. The third-order valence-electron chi connectivity index (χ3n) is 6.24. The van der Waals surface area contributed by atoms with Crippen LogP contribution in [0.3, 0.4) is 0 Å². The molecule has 0 atom stereocenters. The molecule has 1 aromatic heterocycles. The Kier molecular flexibility index (Phi) is 6.23. The van der Waals surface area contributed by atoms with Crippen LogP contribution < -0.4 is 19.3 Å². The highest BCUT2D eigenvalue weighted by Crippen LogP contribution is 2.36. The molecule has 11 nitrogen and oxygen atoms in total. The van der Waals surface area contributed by atoms with Gasteiger partial charge in [-0.3, -0.25) is 15.0 Å². The van der Waals surface area contributed by atoms with Gasteiger partial charge in [0.2, 0.25) is 18.4 Å². The van der Waals surface area contributed by atoms with Gasteiger partial charge >= 0.3 is 5.69 Å². The number of benzene rings is 2. The topological polar surface area (TPSA) is 117 Å². The van der Waals surface area contributed by atoms with E-state index in [0.717, 1.165) is 36.7 Å². The number of piperazine rings is 1. The Balaban J connectivity index is 1.29. The standard InChI is InChI=1S/C24H26N6O5/c1-27(14-18-4-2-3-5-19(18)31)23-22(30(32)33)24(26-15-25-23)29-10-8-28(9-11-29)13-17-6-7-20-21(12-17)35-16-34-20/h2-7,12,15,31H,8-11,13-14,16H2,1H3. The zero-order valence-corrected chi connectivity index (χ0v) is 19.3. The van der Waals surface area contributed by atoms with Crippen molar-refractivity contribution in [1.29, 1.82) is 0 Å². The molecule has 35 heavy (non-hydrogen) atoms. The number of fused-ring (bicyclic) bond motifs is 1. The van der Waals surface area contributed by atoms with Crippen molar-refractivity contribution in [3.8, 4) is 17.2 Å². The van der Waals surface area contributed by atoms with E-state index >= 15 is 0 Å². The smallest absolute Gasteiger partial charge is 0.353 e. The predicted octanol–water partition coefficient (Wildman–Crippen LogP) is 2.78. The Hall–Kier alpha value is -4.12. The number of phenolic OH excluding ortho intramolecular Hbond substituents is 1. The monoisotopic (exact) mass is 478 g/mol. The molecule has 3 aromatic rings. The van der Waals surface area contributed by atoms with Gasteiger partial charge in [0, 0.05) is 51.9 Å². The second-order valence-electron chi connectivity index (χ2n) is 8.56. The maximum Gasteiger partial charge on any atom is 0.353 e. The Morgan fingerprint density at radius 1 is 1.09 bits per heavy atom. The summed E-state index contributed by atoms with van der Waals surface area (Å²) in [6.07, 6.45) is 1.36. The first kappa shape index (κ1) is 22.7. The minimum atomic E-state index is -0.426. The summed E-state index contributed by atoms with van der Waals surface area (Å²) in [4.78, 5) is 26.1. The highest BCUT2D eigenvalue weighted by atomic mass is 16.7. The van der Waals surface area contributed by atoms with Gasteiger partial charge in [0.25, 0.3) is 0 Å².